The summed E-state index contributed by atoms with van der Waals surface area (Å²) in [5.74, 6) is 3.19. The molecule has 0 fully saturated rings. The summed E-state index contributed by atoms with van der Waals surface area (Å²) in [5, 5.41) is 6.37. The quantitative estimate of drug-likeness (QED) is 0.304. The fraction of sp³-hybridized carbons (Fsp3) is 0.200. The summed E-state index contributed by atoms with van der Waals surface area (Å²) in [4.78, 5) is 8.52. The molecule has 8 heteroatoms. The lowest BCUT2D eigenvalue weighted by Crippen LogP contribution is -2.30. The molecule has 2 aromatic carbocycles. The van der Waals surface area contributed by atoms with E-state index in [1.54, 1.807) is 27.5 Å². The van der Waals surface area contributed by atoms with E-state index >= 15 is 0 Å². The maximum atomic E-state index is 5.79. The third-order valence-corrected chi connectivity index (χ3v) is 3.89. The SMILES string of the molecule is CN=C(NCc1ncc(-c2ccccc2)o1)Nc1ccc(OC)c(OC)c1.I. The molecule has 0 radical (unpaired) electrons. The number of aromatic nitrogens is 1. The van der Waals surface area contributed by atoms with Gasteiger partial charge in [-0.15, -0.1) is 24.0 Å². The first-order valence-corrected chi connectivity index (χ1v) is 8.43. The minimum Gasteiger partial charge on any atom is -0.493 e. The first kappa shape index (κ1) is 21.5. The lowest BCUT2D eigenvalue weighted by Gasteiger charge is -2.13. The van der Waals surface area contributed by atoms with E-state index in [4.69, 9.17) is 13.9 Å². The number of aliphatic imine (C=N–C) groups is 1. The number of ether oxygens (including phenoxy) is 2. The second-order valence-electron chi connectivity index (χ2n) is 5.60. The van der Waals surface area contributed by atoms with Crippen LogP contribution in [-0.2, 0) is 6.54 Å². The summed E-state index contributed by atoms with van der Waals surface area (Å²) in [7, 11) is 4.90. The van der Waals surface area contributed by atoms with Gasteiger partial charge in [0.25, 0.3) is 0 Å². The molecule has 2 N–H and O–H groups in total. The Morgan fingerprint density at radius 1 is 1.07 bits per heavy atom. The molecule has 0 aliphatic carbocycles. The fourth-order valence-corrected chi connectivity index (χ4v) is 2.52. The summed E-state index contributed by atoms with van der Waals surface area (Å²) in [6, 6.07) is 15.4. The molecule has 0 aliphatic heterocycles. The van der Waals surface area contributed by atoms with Crippen molar-refractivity contribution in [1.29, 1.82) is 0 Å². The van der Waals surface area contributed by atoms with E-state index in [0.29, 0.717) is 29.9 Å². The number of hydrogen-bond acceptors (Lipinski definition) is 5. The molecule has 0 aliphatic rings. The number of nitrogens with zero attached hydrogens (tertiary/aromatic N) is 2. The Balaban J connectivity index is 0.00000280. The van der Waals surface area contributed by atoms with Crippen molar-refractivity contribution in [2.45, 2.75) is 6.54 Å². The number of methoxy groups -OCH3 is 2. The summed E-state index contributed by atoms with van der Waals surface area (Å²) >= 11 is 0. The highest BCUT2D eigenvalue weighted by Crippen LogP contribution is 2.29. The van der Waals surface area contributed by atoms with E-state index in [2.05, 4.69) is 20.6 Å². The minimum atomic E-state index is 0. The second kappa shape index (κ2) is 10.5. The second-order valence-corrected chi connectivity index (χ2v) is 5.60. The van der Waals surface area contributed by atoms with Gasteiger partial charge in [-0.1, -0.05) is 30.3 Å². The van der Waals surface area contributed by atoms with E-state index in [-0.39, 0.29) is 24.0 Å². The van der Waals surface area contributed by atoms with Crippen LogP contribution in [0.25, 0.3) is 11.3 Å². The number of nitrogens with one attached hydrogen (secondary N) is 2. The van der Waals surface area contributed by atoms with Gasteiger partial charge in [0.15, 0.2) is 23.2 Å². The van der Waals surface area contributed by atoms with Crippen molar-refractivity contribution in [3.05, 3.63) is 60.6 Å². The minimum absolute atomic E-state index is 0. The third kappa shape index (κ3) is 5.38. The van der Waals surface area contributed by atoms with Gasteiger partial charge >= 0.3 is 0 Å². The van der Waals surface area contributed by atoms with Gasteiger partial charge in [0.1, 0.15) is 0 Å². The van der Waals surface area contributed by atoms with Crippen molar-refractivity contribution in [3.8, 4) is 22.8 Å². The van der Waals surface area contributed by atoms with Gasteiger partial charge in [0.05, 0.1) is 27.0 Å². The van der Waals surface area contributed by atoms with Crippen LogP contribution in [0, 0.1) is 0 Å². The lowest BCUT2D eigenvalue weighted by molar-refractivity contribution is 0.355. The molecular weight excluding hydrogens is 471 g/mol. The first-order chi connectivity index (χ1) is 13.2. The van der Waals surface area contributed by atoms with Crippen molar-refractivity contribution in [1.82, 2.24) is 10.3 Å². The number of rotatable bonds is 6. The molecule has 28 heavy (non-hydrogen) atoms. The highest BCUT2D eigenvalue weighted by Gasteiger charge is 2.09. The number of hydrogen-bond donors (Lipinski definition) is 2. The molecule has 0 amide bonds. The predicted molar refractivity (Wildman–Crippen MR) is 121 cm³/mol. The largest absolute Gasteiger partial charge is 0.493 e. The number of anilines is 1. The molecule has 148 valence electrons. The number of guanidine groups is 1. The van der Waals surface area contributed by atoms with Gasteiger partial charge in [-0.25, -0.2) is 4.98 Å². The monoisotopic (exact) mass is 494 g/mol. The van der Waals surface area contributed by atoms with Crippen LogP contribution >= 0.6 is 24.0 Å². The Morgan fingerprint density at radius 3 is 2.50 bits per heavy atom. The lowest BCUT2D eigenvalue weighted by atomic mass is 10.2. The Kier molecular flexibility index (Phi) is 8.12. The smallest absolute Gasteiger partial charge is 0.214 e. The summed E-state index contributed by atoms with van der Waals surface area (Å²) in [5.41, 5.74) is 1.81. The van der Waals surface area contributed by atoms with E-state index < -0.39 is 0 Å². The molecule has 7 nitrogen and oxygen atoms in total. The van der Waals surface area contributed by atoms with Gasteiger partial charge in [0, 0.05) is 24.4 Å². The maximum absolute atomic E-state index is 5.79. The Morgan fingerprint density at radius 2 is 1.82 bits per heavy atom. The van der Waals surface area contributed by atoms with Crippen LogP contribution in [0.5, 0.6) is 11.5 Å². The van der Waals surface area contributed by atoms with Crippen LogP contribution in [0.2, 0.25) is 0 Å². The Bertz CT molecular complexity index is 913. The van der Waals surface area contributed by atoms with Gasteiger partial charge < -0.3 is 24.5 Å². The zero-order chi connectivity index (χ0) is 19.1. The first-order valence-electron chi connectivity index (χ1n) is 8.43. The normalized spacial score (nSPS) is 10.8. The van der Waals surface area contributed by atoms with E-state index in [1.165, 1.54) is 0 Å². The molecule has 0 unspecified atom stereocenters. The van der Waals surface area contributed by atoms with Crippen molar-refractivity contribution in [2.24, 2.45) is 4.99 Å². The van der Waals surface area contributed by atoms with Crippen molar-refractivity contribution >= 4 is 35.6 Å². The number of halogens is 1. The zero-order valence-electron chi connectivity index (χ0n) is 15.9. The van der Waals surface area contributed by atoms with Gasteiger partial charge in [0.2, 0.25) is 5.89 Å². The molecule has 3 rings (SSSR count). The van der Waals surface area contributed by atoms with Crippen LogP contribution in [0.3, 0.4) is 0 Å². The van der Waals surface area contributed by atoms with E-state index in [1.807, 2.05) is 48.5 Å². The molecular formula is C20H23IN4O3. The average Bonchev–Trinajstić information content (AvgIpc) is 3.20. The van der Waals surface area contributed by atoms with Crippen molar-refractivity contribution < 1.29 is 13.9 Å². The van der Waals surface area contributed by atoms with Crippen LogP contribution in [0.15, 0.2) is 64.1 Å². The molecule has 0 atom stereocenters. The summed E-state index contributed by atoms with van der Waals surface area (Å²) < 4.78 is 16.4. The van der Waals surface area contributed by atoms with Gasteiger partial charge in [-0.3, -0.25) is 4.99 Å². The van der Waals surface area contributed by atoms with Crippen LogP contribution in [-0.4, -0.2) is 32.2 Å². The van der Waals surface area contributed by atoms with E-state index in [0.717, 1.165) is 17.0 Å². The van der Waals surface area contributed by atoms with Crippen LogP contribution < -0.4 is 20.1 Å². The van der Waals surface area contributed by atoms with Crippen LogP contribution in [0.1, 0.15) is 5.89 Å². The topological polar surface area (TPSA) is 80.9 Å². The summed E-state index contributed by atoms with van der Waals surface area (Å²) in [6.45, 7) is 0.403. The van der Waals surface area contributed by atoms with Crippen molar-refractivity contribution in [3.63, 3.8) is 0 Å². The van der Waals surface area contributed by atoms with Crippen LogP contribution in [0.4, 0.5) is 5.69 Å². The average molecular weight is 494 g/mol. The fourth-order valence-electron chi connectivity index (χ4n) is 2.52. The van der Waals surface area contributed by atoms with E-state index in [9.17, 15) is 0 Å². The highest BCUT2D eigenvalue weighted by molar-refractivity contribution is 14.0. The molecule has 0 saturated carbocycles. The zero-order valence-corrected chi connectivity index (χ0v) is 18.3. The standard InChI is InChI=1S/C20H22N4O3.HI/c1-21-20(24-15-9-10-16(25-2)17(11-15)26-3)23-13-19-22-12-18(27-19)14-7-5-4-6-8-14;/h4-12H,13H2,1-3H3,(H2,21,23,24);1H. The Labute approximate surface area is 181 Å². The van der Waals surface area contributed by atoms with Gasteiger partial charge in [-0.2, -0.15) is 0 Å². The molecule has 0 saturated heterocycles. The maximum Gasteiger partial charge on any atom is 0.214 e. The van der Waals surface area contributed by atoms with Crippen molar-refractivity contribution in [2.75, 3.05) is 26.6 Å². The molecule has 1 heterocycles. The molecule has 0 bridgehead atoms. The number of benzene rings is 2. The molecule has 1 aromatic heterocycles. The Hall–Kier alpha value is -2.75. The van der Waals surface area contributed by atoms with Gasteiger partial charge in [-0.05, 0) is 12.1 Å². The summed E-state index contributed by atoms with van der Waals surface area (Å²) in [6.07, 6.45) is 1.72. The third-order valence-electron chi connectivity index (χ3n) is 3.89. The number of oxazole rings is 1. The highest BCUT2D eigenvalue weighted by atomic mass is 127. The molecule has 3 aromatic rings. The predicted octanol–water partition coefficient (Wildman–Crippen LogP) is 4.16. The molecule has 0 spiro atoms.